The quantitative estimate of drug-likeness (QED) is 0.245. The van der Waals surface area contributed by atoms with E-state index in [4.69, 9.17) is 4.74 Å². The summed E-state index contributed by atoms with van der Waals surface area (Å²) in [6.45, 7) is 6.44. The summed E-state index contributed by atoms with van der Waals surface area (Å²) in [6, 6.07) is 13.7. The van der Waals surface area contributed by atoms with E-state index >= 15 is 0 Å². The van der Waals surface area contributed by atoms with Gasteiger partial charge in [0.25, 0.3) is 0 Å². The van der Waals surface area contributed by atoms with Gasteiger partial charge in [0, 0.05) is 11.1 Å². The predicted octanol–water partition coefficient (Wildman–Crippen LogP) is 7.30. The topological polar surface area (TPSA) is 15.1 Å². The summed E-state index contributed by atoms with van der Waals surface area (Å²) >= 11 is 0. The smallest absolute Gasteiger partial charge is 0.416 e. The molecule has 0 unspecified atom stereocenters. The van der Waals surface area contributed by atoms with E-state index in [0.717, 1.165) is 30.4 Å². The van der Waals surface area contributed by atoms with Crippen molar-refractivity contribution in [1.29, 1.82) is 0 Å². The lowest BCUT2D eigenvalue weighted by atomic mass is 10.1. The van der Waals surface area contributed by atoms with Crippen LogP contribution in [0.25, 0.3) is 0 Å². The zero-order chi connectivity index (χ0) is 21.8. The van der Waals surface area contributed by atoms with Gasteiger partial charge in [0.15, 0.2) is 0 Å². The number of hydrogen-bond acceptors (Lipinski definition) is 2. The third-order valence-electron chi connectivity index (χ3n) is 5.26. The molecule has 0 saturated heterocycles. The molecule has 2 nitrogen and oxygen atoms in total. The molecule has 0 bridgehead atoms. The third-order valence-corrected chi connectivity index (χ3v) is 5.26. The van der Waals surface area contributed by atoms with Crippen LogP contribution in [0.1, 0.15) is 69.1 Å². The van der Waals surface area contributed by atoms with Crippen molar-refractivity contribution in [2.45, 2.75) is 71.6 Å². The maximum Gasteiger partial charge on any atom is 0.416 e. The van der Waals surface area contributed by atoms with Gasteiger partial charge in [0.05, 0.1) is 12.2 Å². The van der Waals surface area contributed by atoms with Crippen molar-refractivity contribution < 1.29 is 17.9 Å². The minimum absolute atomic E-state index is 0.266. The Hall–Kier alpha value is -2.01. The molecule has 0 amide bonds. The summed E-state index contributed by atoms with van der Waals surface area (Å²) in [6.07, 6.45) is 3.06. The van der Waals surface area contributed by atoms with Crippen LogP contribution in [-0.4, -0.2) is 13.2 Å². The lowest BCUT2D eigenvalue weighted by Crippen LogP contribution is -2.29. The first-order chi connectivity index (χ1) is 14.4. The number of alkyl halides is 3. The molecule has 0 aliphatic rings. The Bertz CT molecular complexity index is 728. The SMILES string of the molecule is CCCCCCCCOc1ccc(C[N+](CC)Cc2ccccc2C(F)(F)F)cc1. The van der Waals surface area contributed by atoms with Crippen molar-refractivity contribution in [3.05, 3.63) is 65.2 Å². The molecule has 5 heteroatoms. The maximum absolute atomic E-state index is 13.2. The highest BCUT2D eigenvalue weighted by molar-refractivity contribution is 5.31. The second kappa shape index (κ2) is 12.6. The van der Waals surface area contributed by atoms with Gasteiger partial charge < -0.3 is 4.74 Å². The normalized spacial score (nSPS) is 11.8. The van der Waals surface area contributed by atoms with Crippen LogP contribution < -0.4 is 9.64 Å². The van der Waals surface area contributed by atoms with E-state index < -0.39 is 11.7 Å². The average molecular weight is 422 g/mol. The molecule has 30 heavy (non-hydrogen) atoms. The first-order valence-electron chi connectivity index (χ1n) is 11.0. The molecule has 0 fully saturated rings. The zero-order valence-electron chi connectivity index (χ0n) is 18.2. The van der Waals surface area contributed by atoms with E-state index in [9.17, 15) is 13.2 Å². The monoisotopic (exact) mass is 421 g/mol. The number of unbranched alkanes of at least 4 members (excludes halogenated alkanes) is 5. The van der Waals surface area contributed by atoms with Crippen LogP contribution in [0.4, 0.5) is 13.2 Å². The van der Waals surface area contributed by atoms with Gasteiger partial charge in [-0.05, 0) is 43.7 Å². The van der Waals surface area contributed by atoms with Crippen LogP contribution in [0.15, 0.2) is 48.5 Å². The molecule has 2 rings (SSSR count). The number of hydrogen-bond donors (Lipinski definition) is 0. The molecule has 0 aromatic heterocycles. The largest absolute Gasteiger partial charge is 0.494 e. The minimum Gasteiger partial charge on any atom is -0.494 e. The molecular formula is C25H34F3NO+. The Morgan fingerprint density at radius 1 is 0.800 bits per heavy atom. The molecule has 0 atom stereocenters. The molecule has 0 aliphatic heterocycles. The van der Waals surface area contributed by atoms with Crippen molar-refractivity contribution in [3.63, 3.8) is 0 Å². The van der Waals surface area contributed by atoms with Crippen molar-refractivity contribution in [2.75, 3.05) is 13.2 Å². The first-order valence-corrected chi connectivity index (χ1v) is 11.0. The van der Waals surface area contributed by atoms with Crippen LogP contribution in [0, 0.1) is 0 Å². The fourth-order valence-corrected chi connectivity index (χ4v) is 3.48. The fraction of sp³-hybridized carbons (Fsp3) is 0.520. The van der Waals surface area contributed by atoms with E-state index in [-0.39, 0.29) is 6.54 Å². The Morgan fingerprint density at radius 2 is 1.47 bits per heavy atom. The lowest BCUT2D eigenvalue weighted by Gasteiger charge is -2.15. The van der Waals surface area contributed by atoms with Crippen LogP contribution in [0.2, 0.25) is 0 Å². The molecule has 2 aromatic rings. The Kier molecular flexibility index (Phi) is 10.2. The minimum atomic E-state index is -4.33. The van der Waals surface area contributed by atoms with Gasteiger partial charge >= 0.3 is 6.18 Å². The molecule has 0 heterocycles. The number of halogens is 3. The van der Waals surface area contributed by atoms with E-state index in [1.54, 1.807) is 12.1 Å². The first kappa shape index (κ1) is 24.3. The summed E-state index contributed by atoms with van der Waals surface area (Å²) in [5.41, 5.74) is 0.820. The average Bonchev–Trinajstić information content (AvgIpc) is 2.73. The molecular weight excluding hydrogens is 387 g/mol. The van der Waals surface area contributed by atoms with E-state index in [2.05, 4.69) is 6.92 Å². The van der Waals surface area contributed by atoms with Gasteiger partial charge in [-0.25, -0.2) is 0 Å². The molecule has 0 saturated carbocycles. The zero-order valence-corrected chi connectivity index (χ0v) is 18.2. The summed E-state index contributed by atoms with van der Waals surface area (Å²) in [5, 5.41) is 0. The standard InChI is InChI=1S/C25H34F3NO/c1-3-5-6-7-8-11-18-30-23-16-14-21(15-17-23)19-29(4-2)20-22-12-9-10-13-24(22)25(26,27)28/h9-10,12-17H,3-8,11,18-20H2,1-2H3/q+1. The Balaban J connectivity index is 1.84. The summed E-state index contributed by atoms with van der Waals surface area (Å²) < 4.78 is 45.5. The molecule has 0 spiro atoms. The van der Waals surface area contributed by atoms with Crippen molar-refractivity contribution in [1.82, 2.24) is 4.90 Å². The van der Waals surface area contributed by atoms with Gasteiger partial charge in [0.2, 0.25) is 0 Å². The summed E-state index contributed by atoms with van der Waals surface area (Å²) in [4.78, 5) is 2.01. The van der Waals surface area contributed by atoms with Crippen LogP contribution in [0.5, 0.6) is 5.75 Å². The highest BCUT2D eigenvalue weighted by atomic mass is 19.4. The number of ether oxygens (including phenoxy) is 1. The molecule has 2 aromatic carbocycles. The predicted molar refractivity (Wildman–Crippen MR) is 117 cm³/mol. The second-order valence-electron chi connectivity index (χ2n) is 7.72. The molecule has 165 valence electrons. The van der Waals surface area contributed by atoms with Crippen LogP contribution in [-0.2, 0) is 19.3 Å². The Morgan fingerprint density at radius 3 is 2.13 bits per heavy atom. The number of benzene rings is 2. The summed E-state index contributed by atoms with van der Waals surface area (Å²) in [7, 11) is 0. The molecule has 1 radical (unpaired) electrons. The Labute approximate surface area is 179 Å². The van der Waals surface area contributed by atoms with Gasteiger partial charge in [0.1, 0.15) is 25.4 Å². The molecule has 0 aliphatic carbocycles. The van der Waals surface area contributed by atoms with Gasteiger partial charge in [-0.3, -0.25) is 0 Å². The molecule has 0 N–H and O–H groups in total. The van der Waals surface area contributed by atoms with E-state index in [0.29, 0.717) is 18.7 Å². The fourth-order valence-electron chi connectivity index (χ4n) is 3.48. The maximum atomic E-state index is 13.2. The van der Waals surface area contributed by atoms with Gasteiger partial charge in [-0.2, -0.15) is 18.1 Å². The van der Waals surface area contributed by atoms with E-state index in [1.165, 1.54) is 38.2 Å². The van der Waals surface area contributed by atoms with E-state index in [1.807, 2.05) is 36.1 Å². The highest BCUT2D eigenvalue weighted by Crippen LogP contribution is 2.32. The number of nitrogens with zero attached hydrogens (tertiary/aromatic N) is 1. The third kappa shape index (κ3) is 8.39. The van der Waals surface area contributed by atoms with Crippen molar-refractivity contribution in [2.24, 2.45) is 0 Å². The van der Waals surface area contributed by atoms with Gasteiger partial charge in [-0.1, -0.05) is 57.2 Å². The van der Waals surface area contributed by atoms with Gasteiger partial charge in [-0.15, -0.1) is 0 Å². The second-order valence-corrected chi connectivity index (χ2v) is 7.72. The van der Waals surface area contributed by atoms with Crippen LogP contribution in [0.3, 0.4) is 0 Å². The van der Waals surface area contributed by atoms with Crippen molar-refractivity contribution >= 4 is 0 Å². The summed E-state index contributed by atoms with van der Waals surface area (Å²) in [5.74, 6) is 0.845. The lowest BCUT2D eigenvalue weighted by molar-refractivity contribution is -0.138. The number of rotatable bonds is 13. The highest BCUT2D eigenvalue weighted by Gasteiger charge is 2.34. The van der Waals surface area contributed by atoms with Crippen molar-refractivity contribution in [3.8, 4) is 5.75 Å². The van der Waals surface area contributed by atoms with Crippen LogP contribution >= 0.6 is 0 Å².